The topological polar surface area (TPSA) is 207 Å². The van der Waals surface area contributed by atoms with Gasteiger partial charge in [0.2, 0.25) is 5.79 Å². The summed E-state index contributed by atoms with van der Waals surface area (Å²) in [7, 11) is -0.615. The van der Waals surface area contributed by atoms with Crippen molar-refractivity contribution in [3.63, 3.8) is 0 Å². The molecular formula is C59H98O17Si2. The van der Waals surface area contributed by atoms with Crippen molar-refractivity contribution < 1.29 is 80.6 Å². The molecule has 0 aliphatic carbocycles. The lowest BCUT2D eigenvalue weighted by Crippen LogP contribution is -2.63. The van der Waals surface area contributed by atoms with Crippen LogP contribution in [0.25, 0.3) is 0 Å². The average molecular weight is 1140 g/mol. The molecule has 1 N–H and O–H groups in total. The van der Waals surface area contributed by atoms with Gasteiger partial charge in [0.15, 0.2) is 28.5 Å². The molecule has 11 atom stereocenters. The molecule has 19 heteroatoms. The van der Waals surface area contributed by atoms with E-state index in [9.17, 15) is 24.3 Å². The second-order valence-corrected chi connectivity index (χ2v) is 32.5. The summed E-state index contributed by atoms with van der Waals surface area (Å²) in [5, 5.41) is 13.1. The summed E-state index contributed by atoms with van der Waals surface area (Å²) < 4.78 is 70.6. The lowest BCUT2D eigenvalue weighted by atomic mass is 9.70. The number of carbonyl (C=O) groups is 5. The zero-order chi connectivity index (χ0) is 58.3. The van der Waals surface area contributed by atoms with Crippen molar-refractivity contribution in [2.45, 2.75) is 263 Å². The minimum Gasteiger partial charge on any atom is -0.466 e. The van der Waals surface area contributed by atoms with Gasteiger partial charge in [-0.2, -0.15) is 0 Å². The highest BCUT2D eigenvalue weighted by Gasteiger charge is 2.60. The number of methoxy groups -OCH3 is 3. The molecule has 6 bridgehead atoms. The Morgan fingerprint density at radius 2 is 1.35 bits per heavy atom. The largest absolute Gasteiger partial charge is 0.466 e. The minimum atomic E-state index is -2.45. The van der Waals surface area contributed by atoms with Crippen LogP contribution in [0.1, 0.15) is 161 Å². The molecule has 0 aromatic carbocycles. The van der Waals surface area contributed by atoms with Crippen LogP contribution >= 0.6 is 0 Å². The molecule has 17 nitrogen and oxygen atoms in total. The predicted octanol–water partition coefficient (Wildman–Crippen LogP) is 10.8. The maximum Gasteiger partial charge on any atom is 0.330 e. The molecule has 0 saturated carbocycles. The standard InChI is InChI=1S/C59H98O17Si2/c1-17-77(18-2,19-3)75-40(7)50-36-46-33-44(34-53(63)67-15)55(70-42(9)61)59(65,74-46)56(10,11)29-27-25-23-24-26-28-45-30-43(32-52(62)66-14)31-49(71-45)39-58(68-16)57(12,13)51(69-41(8)60)37-47(73-58)35-48(38-54(64)72-50)76-78(20-4,21-5)22-6/h26-29,32,34,40,45-51,55,65H,17-25,30-31,33,35-39H2,1-16H3/b28-26+,29-27+,43-32+,44-34+/t40-,45+,46+,47-,48-,49+,50-,51+,55+,58+,59-/m1/s1. The van der Waals surface area contributed by atoms with Crippen molar-refractivity contribution >= 4 is 46.5 Å². The summed E-state index contributed by atoms with van der Waals surface area (Å²) in [5.41, 5.74) is -1.05. The van der Waals surface area contributed by atoms with E-state index in [-0.39, 0.29) is 44.1 Å². The van der Waals surface area contributed by atoms with E-state index in [4.69, 9.17) is 51.5 Å². The average Bonchev–Trinajstić information content (AvgIpc) is 3.47. The van der Waals surface area contributed by atoms with Crippen LogP contribution in [0, 0.1) is 10.8 Å². The maximum atomic E-state index is 15.0. The van der Waals surface area contributed by atoms with Crippen molar-refractivity contribution in [3.8, 4) is 0 Å². The van der Waals surface area contributed by atoms with E-state index in [2.05, 4.69) is 47.6 Å². The van der Waals surface area contributed by atoms with Gasteiger partial charge in [0, 0.05) is 57.8 Å². The first-order valence-corrected chi connectivity index (χ1v) is 33.8. The number of carbonyl (C=O) groups excluding carboxylic acids is 5. The maximum absolute atomic E-state index is 15.0. The third-order valence-corrected chi connectivity index (χ3v) is 26.8. The molecule has 0 aromatic rings. The van der Waals surface area contributed by atoms with Crippen molar-refractivity contribution in [1.82, 2.24) is 0 Å². The van der Waals surface area contributed by atoms with E-state index in [1.807, 2.05) is 39.0 Å². The molecule has 78 heavy (non-hydrogen) atoms. The van der Waals surface area contributed by atoms with E-state index >= 15 is 4.79 Å². The summed E-state index contributed by atoms with van der Waals surface area (Å²) in [4.78, 5) is 66.7. The van der Waals surface area contributed by atoms with Crippen LogP contribution in [0.3, 0.4) is 0 Å². The smallest absolute Gasteiger partial charge is 0.330 e. The fourth-order valence-corrected chi connectivity index (χ4v) is 17.8. The molecule has 3 fully saturated rings. The van der Waals surface area contributed by atoms with Crippen LogP contribution in [-0.2, 0) is 75.5 Å². The Bertz CT molecular complexity index is 2110. The van der Waals surface area contributed by atoms with Crippen LogP contribution in [0.2, 0.25) is 36.3 Å². The lowest BCUT2D eigenvalue weighted by Gasteiger charge is -2.55. The van der Waals surface area contributed by atoms with Crippen LogP contribution < -0.4 is 0 Å². The van der Waals surface area contributed by atoms with Gasteiger partial charge in [-0.1, -0.05) is 99.1 Å². The summed E-state index contributed by atoms with van der Waals surface area (Å²) in [6, 6.07) is 4.89. The van der Waals surface area contributed by atoms with Crippen LogP contribution in [0.15, 0.2) is 47.6 Å². The number of allylic oxidation sites excluding steroid dienone is 2. The van der Waals surface area contributed by atoms with Crippen LogP contribution in [0.4, 0.5) is 0 Å². The van der Waals surface area contributed by atoms with Crippen molar-refractivity contribution in [2.24, 2.45) is 10.8 Å². The second-order valence-electron chi connectivity index (χ2n) is 23.1. The first-order valence-electron chi connectivity index (χ1n) is 28.8. The Labute approximate surface area is 468 Å². The van der Waals surface area contributed by atoms with Crippen molar-refractivity contribution in [1.29, 1.82) is 0 Å². The molecule has 4 aliphatic rings. The molecule has 4 rings (SSSR count). The predicted molar refractivity (Wildman–Crippen MR) is 301 cm³/mol. The number of ether oxygens (including phenoxy) is 9. The molecule has 4 aliphatic heterocycles. The van der Waals surface area contributed by atoms with Gasteiger partial charge in [0.05, 0.1) is 62.7 Å². The second kappa shape index (κ2) is 29.4. The highest BCUT2D eigenvalue weighted by molar-refractivity contribution is 6.74. The van der Waals surface area contributed by atoms with E-state index in [0.29, 0.717) is 32.1 Å². The van der Waals surface area contributed by atoms with Crippen LogP contribution in [0.5, 0.6) is 0 Å². The molecule has 4 heterocycles. The molecule has 444 valence electrons. The van der Waals surface area contributed by atoms with Gasteiger partial charge in [0.25, 0.3) is 0 Å². The fourth-order valence-electron chi connectivity index (χ4n) is 12.0. The summed E-state index contributed by atoms with van der Waals surface area (Å²) >= 11 is 0. The van der Waals surface area contributed by atoms with Gasteiger partial charge in [-0.25, -0.2) is 9.59 Å². The summed E-state index contributed by atoms with van der Waals surface area (Å²) in [6.45, 7) is 24.8. The zero-order valence-corrected chi connectivity index (χ0v) is 52.2. The van der Waals surface area contributed by atoms with Crippen LogP contribution in [-0.4, -0.2) is 139 Å². The highest BCUT2D eigenvalue weighted by Crippen LogP contribution is 2.52. The normalized spacial score (nSPS) is 32.8. The molecule has 0 radical (unpaired) electrons. The quantitative estimate of drug-likeness (QED) is 0.0501. The number of esters is 5. The van der Waals surface area contributed by atoms with E-state index in [0.717, 1.165) is 41.8 Å². The van der Waals surface area contributed by atoms with E-state index < -0.39 is 124 Å². The number of aliphatic hydroxyl groups is 1. The van der Waals surface area contributed by atoms with E-state index in [1.165, 1.54) is 40.2 Å². The Morgan fingerprint density at radius 1 is 0.744 bits per heavy atom. The SMILES string of the molecule is CC[Si](CC)(CC)O[C@H]1CC(=O)O[C@@H]([C@@H](C)O[Si](CC)(CC)CC)C[C@@H]2C/C(=C\C(=O)OC)[C@H](OC(C)=O)[C@@](O)(O2)C(C)(C)/C=C/CCC/C=C/[C@H]2C/C(=C\C(=O)OC)C[C@@H](C[C@]3(OC)O[C@H](C1)C[C@H](OC(C)=O)C3(C)C)O2. The Morgan fingerprint density at radius 3 is 1.92 bits per heavy atom. The highest BCUT2D eigenvalue weighted by atomic mass is 28.4. The van der Waals surface area contributed by atoms with Gasteiger partial charge >= 0.3 is 29.8 Å². The monoisotopic (exact) mass is 1130 g/mol. The molecule has 0 amide bonds. The fraction of sp³-hybridized carbons (Fsp3) is 0.780. The number of fused-ring (bicyclic) bond motifs is 6. The third kappa shape index (κ3) is 17.0. The zero-order valence-electron chi connectivity index (χ0n) is 50.2. The molecule has 0 spiro atoms. The van der Waals surface area contributed by atoms with Gasteiger partial charge in [-0.05, 0) is 93.7 Å². The van der Waals surface area contributed by atoms with Crippen molar-refractivity contribution in [2.75, 3.05) is 21.3 Å². The number of hydrogen-bond acceptors (Lipinski definition) is 17. The summed E-state index contributed by atoms with van der Waals surface area (Å²) in [5.74, 6) is -6.50. The number of rotatable bonds is 16. The van der Waals surface area contributed by atoms with Gasteiger partial charge in [0.1, 0.15) is 12.2 Å². The Kier molecular flexibility index (Phi) is 25.3. The minimum absolute atomic E-state index is 0.0230. The Hall–Kier alpha value is -3.54. The van der Waals surface area contributed by atoms with Gasteiger partial charge < -0.3 is 56.6 Å². The first-order chi connectivity index (χ1) is 36.7. The van der Waals surface area contributed by atoms with Crippen molar-refractivity contribution in [3.05, 3.63) is 47.6 Å². The lowest BCUT2D eigenvalue weighted by molar-refractivity contribution is -0.358. The summed E-state index contributed by atoms with van der Waals surface area (Å²) in [6.07, 6.45) is 7.22. The molecule has 0 unspecified atom stereocenters. The number of cyclic esters (lactones) is 1. The Balaban J connectivity index is 1.96. The molecule has 0 aromatic heterocycles. The molecular weight excluding hydrogens is 1040 g/mol. The third-order valence-electron chi connectivity index (χ3n) is 17.4. The first kappa shape index (κ1) is 67.0. The van der Waals surface area contributed by atoms with E-state index in [1.54, 1.807) is 21.0 Å². The van der Waals surface area contributed by atoms with Gasteiger partial charge in [-0.15, -0.1) is 0 Å². The van der Waals surface area contributed by atoms with Gasteiger partial charge in [-0.3, -0.25) is 14.4 Å². The molecule has 3 saturated heterocycles. The number of hydrogen-bond donors (Lipinski definition) is 1.